The molecule has 0 aromatic heterocycles. The van der Waals surface area contributed by atoms with Gasteiger partial charge in [0.2, 0.25) is 11.8 Å². The quantitative estimate of drug-likeness (QED) is 0.719. The first-order chi connectivity index (χ1) is 12.5. The Balaban J connectivity index is 1.77. The van der Waals surface area contributed by atoms with Gasteiger partial charge < -0.3 is 10.6 Å². The third-order valence-corrected chi connectivity index (χ3v) is 5.25. The highest BCUT2D eigenvalue weighted by Crippen LogP contribution is 2.16. The molecule has 2 amide bonds. The van der Waals surface area contributed by atoms with E-state index in [1.165, 1.54) is 22.9 Å². The first-order valence-corrected chi connectivity index (χ1v) is 9.97. The van der Waals surface area contributed by atoms with E-state index in [-0.39, 0.29) is 22.8 Å². The van der Waals surface area contributed by atoms with Crippen LogP contribution in [0.25, 0.3) is 0 Å². The molecule has 0 aliphatic rings. The number of carbonyl (C=O) groups is 2. The molecule has 2 N–H and O–H groups in total. The maximum atomic E-state index is 12.2. The Bertz CT molecular complexity index is 727. The van der Waals surface area contributed by atoms with Gasteiger partial charge in [0.05, 0.1) is 11.0 Å². The molecule has 0 radical (unpaired) electrons. The van der Waals surface area contributed by atoms with E-state index in [0.29, 0.717) is 0 Å². The highest BCUT2D eigenvalue weighted by molar-refractivity contribution is 8.01. The third kappa shape index (κ3) is 6.23. The second-order valence-electron chi connectivity index (χ2n) is 6.09. The number of amides is 2. The molecule has 4 nitrogen and oxygen atoms in total. The Morgan fingerprint density at radius 1 is 0.846 bits per heavy atom. The topological polar surface area (TPSA) is 58.2 Å². The molecule has 0 aliphatic carbocycles. The van der Waals surface area contributed by atoms with E-state index >= 15 is 0 Å². The predicted octanol–water partition coefficient (Wildman–Crippen LogP) is 4.51. The molecule has 0 spiro atoms. The monoisotopic (exact) mass is 370 g/mol. The van der Waals surface area contributed by atoms with Crippen molar-refractivity contribution >= 4 is 35.0 Å². The lowest BCUT2D eigenvalue weighted by Gasteiger charge is -2.12. The molecule has 0 heterocycles. The van der Waals surface area contributed by atoms with E-state index in [9.17, 15) is 9.59 Å². The Morgan fingerprint density at radius 3 is 1.77 bits per heavy atom. The first-order valence-electron chi connectivity index (χ1n) is 8.92. The molecule has 26 heavy (non-hydrogen) atoms. The van der Waals surface area contributed by atoms with E-state index in [1.54, 1.807) is 0 Å². The van der Waals surface area contributed by atoms with Crippen LogP contribution in [0.5, 0.6) is 0 Å². The van der Waals surface area contributed by atoms with Crippen molar-refractivity contribution in [1.29, 1.82) is 0 Å². The summed E-state index contributed by atoms with van der Waals surface area (Å²) in [5, 5.41) is 5.43. The number of thioether (sulfide) groups is 1. The zero-order valence-electron chi connectivity index (χ0n) is 15.5. The normalized spacial score (nSPS) is 11.7. The average Bonchev–Trinajstić information content (AvgIpc) is 2.67. The second-order valence-corrected chi connectivity index (χ2v) is 7.42. The van der Waals surface area contributed by atoms with Crippen molar-refractivity contribution in [1.82, 2.24) is 0 Å². The number of nitrogens with one attached hydrogen (secondary N) is 2. The van der Waals surface area contributed by atoms with Gasteiger partial charge in [-0.05, 0) is 55.2 Å². The van der Waals surface area contributed by atoms with Crippen LogP contribution in [-0.2, 0) is 22.4 Å². The SMILES string of the molecule is CCc1ccc(NC(=O)CS[C@@H](C)C(=O)Nc2ccc(CC)cc2)cc1. The van der Waals surface area contributed by atoms with Crippen molar-refractivity contribution in [2.45, 2.75) is 38.9 Å². The zero-order chi connectivity index (χ0) is 18.9. The Labute approximate surface area is 159 Å². The van der Waals surface area contributed by atoms with E-state index in [4.69, 9.17) is 0 Å². The van der Waals surface area contributed by atoms with Crippen LogP contribution in [0.2, 0.25) is 0 Å². The summed E-state index contributed by atoms with van der Waals surface area (Å²) in [6.45, 7) is 5.99. The minimum absolute atomic E-state index is 0.0978. The smallest absolute Gasteiger partial charge is 0.237 e. The van der Waals surface area contributed by atoms with Gasteiger partial charge >= 0.3 is 0 Å². The van der Waals surface area contributed by atoms with Crippen molar-refractivity contribution in [3.05, 3.63) is 59.7 Å². The second kappa shape index (κ2) is 10.0. The molecule has 0 fully saturated rings. The fraction of sp³-hybridized carbons (Fsp3) is 0.333. The molecule has 0 saturated heterocycles. The summed E-state index contributed by atoms with van der Waals surface area (Å²) in [6.07, 6.45) is 1.94. The van der Waals surface area contributed by atoms with Gasteiger partial charge in [-0.1, -0.05) is 38.1 Å². The van der Waals surface area contributed by atoms with Crippen molar-refractivity contribution in [2.24, 2.45) is 0 Å². The molecule has 0 bridgehead atoms. The average molecular weight is 371 g/mol. The molecule has 2 rings (SSSR count). The van der Waals surface area contributed by atoms with E-state index in [1.807, 2.05) is 55.5 Å². The molecular formula is C21H26N2O2S. The number of hydrogen-bond acceptors (Lipinski definition) is 3. The molecule has 2 aromatic carbocycles. The Kier molecular flexibility index (Phi) is 7.73. The van der Waals surface area contributed by atoms with Crippen LogP contribution in [-0.4, -0.2) is 22.8 Å². The van der Waals surface area contributed by atoms with Crippen LogP contribution < -0.4 is 10.6 Å². The summed E-state index contributed by atoms with van der Waals surface area (Å²) in [6, 6.07) is 15.6. The number of anilines is 2. The summed E-state index contributed by atoms with van der Waals surface area (Å²) in [4.78, 5) is 24.3. The lowest BCUT2D eigenvalue weighted by atomic mass is 10.1. The van der Waals surface area contributed by atoms with E-state index in [0.717, 1.165) is 24.2 Å². The molecular weight excluding hydrogens is 344 g/mol. The molecule has 138 valence electrons. The van der Waals surface area contributed by atoms with Crippen molar-refractivity contribution in [3.63, 3.8) is 0 Å². The molecule has 1 atom stereocenters. The van der Waals surface area contributed by atoms with Crippen LogP contribution in [0.3, 0.4) is 0 Å². The standard InChI is InChI=1S/C21H26N2O2S/c1-4-16-6-10-18(11-7-16)22-20(24)14-26-15(3)21(25)23-19-12-8-17(5-2)9-13-19/h6-13,15H,4-5,14H2,1-3H3,(H,22,24)(H,23,25)/t15-/m0/s1. The van der Waals surface area contributed by atoms with Gasteiger partial charge in [-0.15, -0.1) is 11.8 Å². The van der Waals surface area contributed by atoms with Crippen LogP contribution >= 0.6 is 11.8 Å². The number of carbonyl (C=O) groups excluding carboxylic acids is 2. The Morgan fingerprint density at radius 2 is 1.31 bits per heavy atom. The van der Waals surface area contributed by atoms with Crippen molar-refractivity contribution in [3.8, 4) is 0 Å². The predicted molar refractivity (Wildman–Crippen MR) is 111 cm³/mol. The summed E-state index contributed by atoms with van der Waals surface area (Å²) >= 11 is 1.32. The molecule has 0 unspecified atom stereocenters. The minimum atomic E-state index is -0.311. The zero-order valence-corrected chi connectivity index (χ0v) is 16.4. The van der Waals surface area contributed by atoms with Gasteiger partial charge in [-0.3, -0.25) is 9.59 Å². The maximum absolute atomic E-state index is 12.2. The highest BCUT2D eigenvalue weighted by Gasteiger charge is 2.15. The van der Waals surface area contributed by atoms with Crippen LogP contribution in [0.15, 0.2) is 48.5 Å². The maximum Gasteiger partial charge on any atom is 0.237 e. The van der Waals surface area contributed by atoms with Gasteiger partial charge in [0, 0.05) is 11.4 Å². The number of benzene rings is 2. The number of rotatable bonds is 8. The lowest BCUT2D eigenvalue weighted by molar-refractivity contribution is -0.115. The van der Waals surface area contributed by atoms with E-state index in [2.05, 4.69) is 24.5 Å². The Hall–Kier alpha value is -2.27. The van der Waals surface area contributed by atoms with Crippen LogP contribution in [0, 0.1) is 0 Å². The number of aryl methyl sites for hydroxylation is 2. The summed E-state index contributed by atoms with van der Waals surface area (Å²) in [5.74, 6) is 0.0318. The highest BCUT2D eigenvalue weighted by atomic mass is 32.2. The third-order valence-electron chi connectivity index (χ3n) is 4.11. The molecule has 2 aromatic rings. The summed E-state index contributed by atoms with van der Waals surface area (Å²) in [5.41, 5.74) is 4.02. The van der Waals surface area contributed by atoms with E-state index < -0.39 is 0 Å². The lowest BCUT2D eigenvalue weighted by Crippen LogP contribution is -2.25. The fourth-order valence-corrected chi connectivity index (χ4v) is 3.05. The number of hydrogen-bond donors (Lipinski definition) is 2. The van der Waals surface area contributed by atoms with Crippen LogP contribution in [0.4, 0.5) is 11.4 Å². The summed E-state index contributed by atoms with van der Waals surface area (Å²) in [7, 11) is 0. The van der Waals surface area contributed by atoms with Gasteiger partial charge in [0.25, 0.3) is 0 Å². The first kappa shape index (κ1) is 20.0. The van der Waals surface area contributed by atoms with Crippen molar-refractivity contribution < 1.29 is 9.59 Å². The molecule has 5 heteroatoms. The van der Waals surface area contributed by atoms with Gasteiger partial charge in [0.1, 0.15) is 0 Å². The van der Waals surface area contributed by atoms with Gasteiger partial charge in [-0.2, -0.15) is 0 Å². The van der Waals surface area contributed by atoms with Gasteiger partial charge in [-0.25, -0.2) is 0 Å². The molecule has 0 saturated carbocycles. The largest absolute Gasteiger partial charge is 0.325 e. The molecule has 0 aliphatic heterocycles. The van der Waals surface area contributed by atoms with Gasteiger partial charge in [0.15, 0.2) is 0 Å². The summed E-state index contributed by atoms with van der Waals surface area (Å²) < 4.78 is 0. The minimum Gasteiger partial charge on any atom is -0.325 e. The van der Waals surface area contributed by atoms with Crippen LogP contribution in [0.1, 0.15) is 31.9 Å². The van der Waals surface area contributed by atoms with Crippen molar-refractivity contribution in [2.75, 3.05) is 16.4 Å². The fourth-order valence-electron chi connectivity index (χ4n) is 2.36.